The van der Waals surface area contributed by atoms with E-state index in [9.17, 15) is 9.59 Å². The van der Waals surface area contributed by atoms with Crippen molar-refractivity contribution in [2.24, 2.45) is 0 Å². The summed E-state index contributed by atoms with van der Waals surface area (Å²) in [4.78, 5) is 25.0. The van der Waals surface area contributed by atoms with Gasteiger partial charge in [0.2, 0.25) is 0 Å². The van der Waals surface area contributed by atoms with Crippen LogP contribution in [0.15, 0.2) is 82.0 Å². The third-order valence-corrected chi connectivity index (χ3v) is 4.75. The molecule has 1 amide bonds. The zero-order valence-electron chi connectivity index (χ0n) is 16.8. The molecule has 0 bridgehead atoms. The molecular formula is C25H21NO4. The fourth-order valence-corrected chi connectivity index (χ4v) is 3.17. The summed E-state index contributed by atoms with van der Waals surface area (Å²) in [6, 6.07) is 21.2. The van der Waals surface area contributed by atoms with Crippen molar-refractivity contribution in [1.29, 1.82) is 0 Å². The van der Waals surface area contributed by atoms with Crippen molar-refractivity contribution in [2.75, 3.05) is 11.9 Å². The minimum absolute atomic E-state index is 0.142. The average Bonchev–Trinajstić information content (AvgIpc) is 2.74. The number of aryl methyl sites for hydroxylation is 1. The van der Waals surface area contributed by atoms with Gasteiger partial charge in [0.05, 0.1) is 12.0 Å². The fourth-order valence-electron chi connectivity index (χ4n) is 3.17. The number of nitrogens with one attached hydrogen (secondary N) is 1. The summed E-state index contributed by atoms with van der Waals surface area (Å²) in [7, 11) is 0. The molecule has 0 fully saturated rings. The van der Waals surface area contributed by atoms with E-state index in [-0.39, 0.29) is 11.3 Å². The third kappa shape index (κ3) is 4.10. The first-order chi connectivity index (χ1) is 14.5. The Hall–Kier alpha value is -3.86. The maximum Gasteiger partial charge on any atom is 0.255 e. The molecule has 4 aromatic rings. The van der Waals surface area contributed by atoms with Crippen LogP contribution in [0.5, 0.6) is 5.75 Å². The maximum absolute atomic E-state index is 12.6. The number of hydrogen-bond acceptors (Lipinski definition) is 4. The number of anilines is 1. The number of carbonyl (C=O) groups excluding carboxylic acids is 1. The summed E-state index contributed by atoms with van der Waals surface area (Å²) in [5.74, 6) is 0.988. The third-order valence-electron chi connectivity index (χ3n) is 4.75. The van der Waals surface area contributed by atoms with Crippen LogP contribution in [0.1, 0.15) is 22.8 Å². The van der Waals surface area contributed by atoms with E-state index in [1.807, 2.05) is 50.2 Å². The van der Waals surface area contributed by atoms with E-state index in [0.717, 1.165) is 16.9 Å². The van der Waals surface area contributed by atoms with Crippen LogP contribution in [0, 0.1) is 6.92 Å². The maximum atomic E-state index is 12.6. The Morgan fingerprint density at radius 1 is 0.967 bits per heavy atom. The second kappa shape index (κ2) is 8.25. The van der Waals surface area contributed by atoms with Crippen LogP contribution in [0.25, 0.3) is 22.3 Å². The second-order valence-corrected chi connectivity index (χ2v) is 6.96. The van der Waals surface area contributed by atoms with Gasteiger partial charge in [-0.1, -0.05) is 17.7 Å². The van der Waals surface area contributed by atoms with E-state index in [1.165, 1.54) is 6.07 Å². The van der Waals surface area contributed by atoms with Crippen molar-refractivity contribution in [3.05, 3.63) is 94.1 Å². The van der Waals surface area contributed by atoms with Gasteiger partial charge in [-0.3, -0.25) is 9.59 Å². The van der Waals surface area contributed by atoms with E-state index in [2.05, 4.69) is 5.32 Å². The molecule has 150 valence electrons. The molecule has 30 heavy (non-hydrogen) atoms. The van der Waals surface area contributed by atoms with E-state index in [4.69, 9.17) is 9.15 Å². The summed E-state index contributed by atoms with van der Waals surface area (Å²) in [5, 5.41) is 3.31. The molecule has 1 aromatic heterocycles. The Labute approximate surface area is 173 Å². The molecule has 0 saturated carbocycles. The number of amides is 1. The van der Waals surface area contributed by atoms with Crippen molar-refractivity contribution in [3.8, 4) is 17.1 Å². The largest absolute Gasteiger partial charge is 0.494 e. The summed E-state index contributed by atoms with van der Waals surface area (Å²) < 4.78 is 11.4. The molecule has 0 atom stereocenters. The van der Waals surface area contributed by atoms with Crippen LogP contribution >= 0.6 is 0 Å². The van der Waals surface area contributed by atoms with Crippen LogP contribution in [-0.4, -0.2) is 12.5 Å². The lowest BCUT2D eigenvalue weighted by Gasteiger charge is -2.08. The fraction of sp³-hybridized carbons (Fsp3) is 0.120. The molecule has 4 rings (SSSR count). The highest BCUT2D eigenvalue weighted by Gasteiger charge is 2.10. The van der Waals surface area contributed by atoms with Gasteiger partial charge in [-0.05, 0) is 62.4 Å². The average molecular weight is 399 g/mol. The lowest BCUT2D eigenvalue weighted by Crippen LogP contribution is -2.12. The normalized spacial score (nSPS) is 10.7. The summed E-state index contributed by atoms with van der Waals surface area (Å²) in [5.41, 5.74) is 3.24. The molecular weight excluding hydrogens is 378 g/mol. The van der Waals surface area contributed by atoms with Crippen LogP contribution < -0.4 is 15.5 Å². The lowest BCUT2D eigenvalue weighted by molar-refractivity contribution is 0.102. The molecule has 0 saturated heterocycles. The van der Waals surface area contributed by atoms with Gasteiger partial charge in [-0.25, -0.2) is 0 Å². The van der Waals surface area contributed by atoms with E-state index in [1.54, 1.807) is 30.3 Å². The van der Waals surface area contributed by atoms with Gasteiger partial charge in [0.25, 0.3) is 5.91 Å². The number of carbonyl (C=O) groups is 1. The molecule has 0 spiro atoms. The summed E-state index contributed by atoms with van der Waals surface area (Å²) in [6.45, 7) is 4.47. The number of rotatable bonds is 5. The number of benzene rings is 3. The Morgan fingerprint density at radius 2 is 1.70 bits per heavy atom. The van der Waals surface area contributed by atoms with Crippen molar-refractivity contribution in [3.63, 3.8) is 0 Å². The number of fused-ring (bicyclic) bond motifs is 1. The zero-order valence-corrected chi connectivity index (χ0v) is 16.8. The number of ether oxygens (including phenoxy) is 1. The standard InChI is InChI=1S/C25H21NO4/c1-3-29-20-11-8-17(9-12-20)23-15-22(27)21-13-10-19(14-24(21)30-23)26-25(28)18-6-4-16(2)5-7-18/h4-15H,3H2,1-2H3,(H,26,28). The first-order valence-corrected chi connectivity index (χ1v) is 9.72. The van der Waals surface area contributed by atoms with Crippen molar-refractivity contribution in [1.82, 2.24) is 0 Å². The van der Waals surface area contributed by atoms with Gasteiger partial charge in [0.15, 0.2) is 5.43 Å². The molecule has 0 aliphatic heterocycles. The Morgan fingerprint density at radius 3 is 2.40 bits per heavy atom. The van der Waals surface area contributed by atoms with Crippen LogP contribution in [0.2, 0.25) is 0 Å². The summed E-state index contributed by atoms with van der Waals surface area (Å²) in [6.07, 6.45) is 0. The Bertz CT molecular complexity index is 1260. The van der Waals surface area contributed by atoms with E-state index < -0.39 is 0 Å². The highest BCUT2D eigenvalue weighted by molar-refractivity contribution is 6.05. The molecule has 5 heteroatoms. The zero-order chi connectivity index (χ0) is 21.1. The lowest BCUT2D eigenvalue weighted by atomic mass is 10.1. The van der Waals surface area contributed by atoms with Gasteiger partial charge < -0.3 is 14.5 Å². The topological polar surface area (TPSA) is 68.5 Å². The minimum Gasteiger partial charge on any atom is -0.494 e. The van der Waals surface area contributed by atoms with Gasteiger partial charge in [0.1, 0.15) is 17.1 Å². The SMILES string of the molecule is CCOc1ccc(-c2cc(=O)c3ccc(NC(=O)c4ccc(C)cc4)cc3o2)cc1. The van der Waals surface area contributed by atoms with Crippen LogP contribution in [0.3, 0.4) is 0 Å². The van der Waals surface area contributed by atoms with Crippen LogP contribution in [-0.2, 0) is 0 Å². The predicted octanol–water partition coefficient (Wildman–Crippen LogP) is 5.42. The molecule has 0 unspecified atom stereocenters. The van der Waals surface area contributed by atoms with Crippen molar-refractivity contribution < 1.29 is 13.9 Å². The molecule has 5 nitrogen and oxygen atoms in total. The van der Waals surface area contributed by atoms with Crippen molar-refractivity contribution in [2.45, 2.75) is 13.8 Å². The Balaban J connectivity index is 1.65. The molecule has 1 N–H and O–H groups in total. The summed E-state index contributed by atoms with van der Waals surface area (Å²) >= 11 is 0. The van der Waals surface area contributed by atoms with Gasteiger partial charge in [-0.2, -0.15) is 0 Å². The molecule has 0 radical (unpaired) electrons. The molecule has 3 aromatic carbocycles. The first kappa shape index (κ1) is 19.5. The van der Waals surface area contributed by atoms with E-state index in [0.29, 0.717) is 34.6 Å². The molecule has 0 aliphatic carbocycles. The molecule has 1 heterocycles. The van der Waals surface area contributed by atoms with Gasteiger partial charge in [-0.15, -0.1) is 0 Å². The Kier molecular flexibility index (Phi) is 5.35. The number of hydrogen-bond donors (Lipinski definition) is 1. The van der Waals surface area contributed by atoms with Gasteiger partial charge >= 0.3 is 0 Å². The highest BCUT2D eigenvalue weighted by Crippen LogP contribution is 2.26. The smallest absolute Gasteiger partial charge is 0.255 e. The predicted molar refractivity (Wildman–Crippen MR) is 118 cm³/mol. The first-order valence-electron chi connectivity index (χ1n) is 9.72. The quantitative estimate of drug-likeness (QED) is 0.487. The second-order valence-electron chi connectivity index (χ2n) is 6.96. The van der Waals surface area contributed by atoms with Crippen molar-refractivity contribution >= 4 is 22.6 Å². The van der Waals surface area contributed by atoms with Crippen LogP contribution in [0.4, 0.5) is 5.69 Å². The minimum atomic E-state index is -0.223. The monoisotopic (exact) mass is 399 g/mol. The van der Waals surface area contributed by atoms with E-state index >= 15 is 0 Å². The highest BCUT2D eigenvalue weighted by atomic mass is 16.5. The van der Waals surface area contributed by atoms with Gasteiger partial charge in [0, 0.05) is 28.9 Å². The molecule has 0 aliphatic rings.